The predicted molar refractivity (Wildman–Crippen MR) is 78.9 cm³/mol. The number of rotatable bonds is 6. The van der Waals surface area contributed by atoms with Gasteiger partial charge in [0.05, 0.1) is 6.54 Å². The zero-order valence-electron chi connectivity index (χ0n) is 11.5. The number of aromatic nitrogens is 3. The maximum absolute atomic E-state index is 10.6. The van der Waals surface area contributed by atoms with Crippen LogP contribution in [0.2, 0.25) is 0 Å². The monoisotopic (exact) mass is 291 g/mol. The van der Waals surface area contributed by atoms with E-state index < -0.39 is 5.97 Å². The molecule has 0 bridgehead atoms. The van der Waals surface area contributed by atoms with Crippen molar-refractivity contribution in [1.29, 1.82) is 0 Å². The first-order chi connectivity index (χ1) is 9.63. The summed E-state index contributed by atoms with van der Waals surface area (Å²) in [6, 6.07) is 1.92. The Morgan fingerprint density at radius 2 is 2.25 bits per heavy atom. The average molecular weight is 291 g/mol. The molecule has 0 aliphatic rings. The fraction of sp³-hybridized carbons (Fsp3) is 0.357. The smallest absolute Gasteiger partial charge is 0.328 e. The molecule has 2 aromatic rings. The highest BCUT2D eigenvalue weighted by atomic mass is 32.1. The summed E-state index contributed by atoms with van der Waals surface area (Å²) in [5, 5.41) is 15.1. The highest BCUT2D eigenvalue weighted by Crippen LogP contribution is 2.20. The van der Waals surface area contributed by atoms with Crippen LogP contribution in [0.1, 0.15) is 35.9 Å². The third-order valence-electron chi connectivity index (χ3n) is 2.90. The molecule has 2 heterocycles. The SMILES string of the molecule is CCc1nc(CC)n(Cc2sccc2C=CC(=O)O)n1. The summed E-state index contributed by atoms with van der Waals surface area (Å²) < 4.78 is 1.91. The highest BCUT2D eigenvalue weighted by molar-refractivity contribution is 7.10. The molecule has 0 aromatic carbocycles. The summed E-state index contributed by atoms with van der Waals surface area (Å²) in [6.07, 6.45) is 4.43. The van der Waals surface area contributed by atoms with E-state index >= 15 is 0 Å². The number of nitrogens with zero attached hydrogens (tertiary/aromatic N) is 3. The van der Waals surface area contributed by atoms with Crippen LogP contribution in [-0.4, -0.2) is 25.8 Å². The van der Waals surface area contributed by atoms with Crippen molar-refractivity contribution in [1.82, 2.24) is 14.8 Å². The summed E-state index contributed by atoms with van der Waals surface area (Å²) in [7, 11) is 0. The average Bonchev–Trinajstić information content (AvgIpc) is 3.03. The molecule has 0 atom stereocenters. The van der Waals surface area contributed by atoms with Gasteiger partial charge >= 0.3 is 5.97 Å². The Hall–Kier alpha value is -1.95. The molecule has 0 unspecified atom stereocenters. The quantitative estimate of drug-likeness (QED) is 0.831. The molecule has 0 radical (unpaired) electrons. The first-order valence-corrected chi connectivity index (χ1v) is 7.42. The van der Waals surface area contributed by atoms with Gasteiger partial charge < -0.3 is 5.11 Å². The van der Waals surface area contributed by atoms with Crippen molar-refractivity contribution in [2.45, 2.75) is 33.2 Å². The lowest BCUT2D eigenvalue weighted by Crippen LogP contribution is -2.06. The van der Waals surface area contributed by atoms with Gasteiger partial charge in [0.2, 0.25) is 0 Å². The van der Waals surface area contributed by atoms with Crippen molar-refractivity contribution in [3.63, 3.8) is 0 Å². The van der Waals surface area contributed by atoms with E-state index in [1.165, 1.54) is 0 Å². The molecule has 20 heavy (non-hydrogen) atoms. The van der Waals surface area contributed by atoms with E-state index in [0.717, 1.165) is 41.0 Å². The van der Waals surface area contributed by atoms with Gasteiger partial charge in [0.15, 0.2) is 5.82 Å². The molecule has 0 saturated carbocycles. The topological polar surface area (TPSA) is 68.0 Å². The second-order valence-electron chi connectivity index (χ2n) is 4.28. The van der Waals surface area contributed by atoms with Gasteiger partial charge in [0.25, 0.3) is 0 Å². The molecule has 0 aliphatic carbocycles. The molecule has 1 N–H and O–H groups in total. The molecule has 2 aromatic heterocycles. The molecule has 5 nitrogen and oxygen atoms in total. The number of carboxylic acid groups (broad SMARTS) is 1. The summed E-state index contributed by atoms with van der Waals surface area (Å²) in [6.45, 7) is 4.72. The molecular weight excluding hydrogens is 274 g/mol. The molecule has 2 rings (SSSR count). The summed E-state index contributed by atoms with van der Waals surface area (Å²) in [4.78, 5) is 16.2. The molecule has 106 valence electrons. The van der Waals surface area contributed by atoms with Crippen LogP contribution in [-0.2, 0) is 24.2 Å². The van der Waals surface area contributed by atoms with Crippen LogP contribution in [0.4, 0.5) is 0 Å². The molecule has 6 heteroatoms. The molecule has 0 amide bonds. The Bertz CT molecular complexity index is 628. The highest BCUT2D eigenvalue weighted by Gasteiger charge is 2.10. The largest absolute Gasteiger partial charge is 0.478 e. The summed E-state index contributed by atoms with van der Waals surface area (Å²) >= 11 is 1.60. The van der Waals surface area contributed by atoms with Crippen LogP contribution >= 0.6 is 11.3 Å². The lowest BCUT2D eigenvalue weighted by molar-refractivity contribution is -0.131. The molecule has 0 saturated heterocycles. The first-order valence-electron chi connectivity index (χ1n) is 6.54. The number of aliphatic carboxylic acids is 1. The van der Waals surface area contributed by atoms with Crippen molar-refractivity contribution in [3.8, 4) is 0 Å². The number of hydrogen-bond donors (Lipinski definition) is 1. The van der Waals surface area contributed by atoms with Gasteiger partial charge in [-0.2, -0.15) is 5.10 Å². The zero-order valence-corrected chi connectivity index (χ0v) is 12.4. The minimum atomic E-state index is -0.939. The van der Waals surface area contributed by atoms with Gasteiger partial charge in [-0.15, -0.1) is 11.3 Å². The normalized spacial score (nSPS) is 11.3. The van der Waals surface area contributed by atoms with Crippen molar-refractivity contribution in [3.05, 3.63) is 39.6 Å². The maximum atomic E-state index is 10.6. The standard InChI is InChI=1S/C14H17N3O2S/c1-3-12-15-13(4-2)17(16-12)9-11-10(7-8-20-11)5-6-14(18)19/h5-8H,3-4,9H2,1-2H3,(H,18,19). The Morgan fingerprint density at radius 1 is 1.45 bits per heavy atom. The van der Waals surface area contributed by atoms with E-state index in [1.54, 1.807) is 17.4 Å². The zero-order chi connectivity index (χ0) is 14.5. The first kappa shape index (κ1) is 14.5. The number of carbonyl (C=O) groups is 1. The fourth-order valence-electron chi connectivity index (χ4n) is 1.89. The van der Waals surface area contributed by atoms with E-state index in [1.807, 2.05) is 23.1 Å². The Labute approximate surface area is 121 Å². The maximum Gasteiger partial charge on any atom is 0.328 e. The van der Waals surface area contributed by atoms with E-state index in [2.05, 4.69) is 17.0 Å². The lowest BCUT2D eigenvalue weighted by Gasteiger charge is -2.03. The predicted octanol–water partition coefficient (Wildman–Crippen LogP) is 2.61. The van der Waals surface area contributed by atoms with Crippen LogP contribution in [0.3, 0.4) is 0 Å². The van der Waals surface area contributed by atoms with Crippen LogP contribution in [0, 0.1) is 0 Å². The number of aryl methyl sites for hydroxylation is 2. The van der Waals surface area contributed by atoms with Gasteiger partial charge in [-0.1, -0.05) is 13.8 Å². The second kappa shape index (κ2) is 6.47. The third kappa shape index (κ3) is 3.33. The van der Waals surface area contributed by atoms with Crippen molar-refractivity contribution in [2.75, 3.05) is 0 Å². The minimum Gasteiger partial charge on any atom is -0.478 e. The third-order valence-corrected chi connectivity index (χ3v) is 3.82. The lowest BCUT2D eigenvalue weighted by atomic mass is 10.2. The fourth-order valence-corrected chi connectivity index (χ4v) is 2.74. The van der Waals surface area contributed by atoms with E-state index in [4.69, 9.17) is 5.11 Å². The van der Waals surface area contributed by atoms with Gasteiger partial charge in [-0.05, 0) is 23.1 Å². The summed E-state index contributed by atoms with van der Waals surface area (Å²) in [5.41, 5.74) is 0.924. The number of hydrogen-bond acceptors (Lipinski definition) is 4. The van der Waals surface area contributed by atoms with Crippen molar-refractivity contribution < 1.29 is 9.90 Å². The Morgan fingerprint density at radius 3 is 2.90 bits per heavy atom. The van der Waals surface area contributed by atoms with E-state index in [9.17, 15) is 4.79 Å². The Balaban J connectivity index is 2.24. The van der Waals surface area contributed by atoms with Gasteiger partial charge in [-0.25, -0.2) is 14.5 Å². The molecule has 0 spiro atoms. The van der Waals surface area contributed by atoms with Gasteiger partial charge in [-0.3, -0.25) is 0 Å². The minimum absolute atomic E-state index is 0.632. The van der Waals surface area contributed by atoms with Crippen LogP contribution in [0.5, 0.6) is 0 Å². The van der Waals surface area contributed by atoms with Crippen molar-refractivity contribution >= 4 is 23.4 Å². The summed E-state index contributed by atoms with van der Waals surface area (Å²) in [5.74, 6) is 0.870. The van der Waals surface area contributed by atoms with Gasteiger partial charge in [0.1, 0.15) is 5.82 Å². The van der Waals surface area contributed by atoms with E-state index in [-0.39, 0.29) is 0 Å². The molecular formula is C14H17N3O2S. The molecule has 0 fully saturated rings. The van der Waals surface area contributed by atoms with Crippen molar-refractivity contribution in [2.24, 2.45) is 0 Å². The molecule has 0 aliphatic heterocycles. The van der Waals surface area contributed by atoms with Crippen LogP contribution in [0.25, 0.3) is 6.08 Å². The van der Waals surface area contributed by atoms with Crippen LogP contribution in [0.15, 0.2) is 17.5 Å². The second-order valence-corrected chi connectivity index (χ2v) is 5.28. The number of thiophene rings is 1. The van der Waals surface area contributed by atoms with Gasteiger partial charge in [0, 0.05) is 23.8 Å². The van der Waals surface area contributed by atoms with Crippen LogP contribution < -0.4 is 0 Å². The van der Waals surface area contributed by atoms with E-state index in [0.29, 0.717) is 6.54 Å². The Kier molecular flexibility index (Phi) is 4.68. The number of carboxylic acids is 1.